The third-order valence-electron chi connectivity index (χ3n) is 3.82. The fourth-order valence-electron chi connectivity index (χ4n) is 2.51. The minimum Gasteiger partial charge on any atom is -0.332 e. The van der Waals surface area contributed by atoms with Gasteiger partial charge in [0.2, 0.25) is 5.82 Å². The van der Waals surface area contributed by atoms with Crippen LogP contribution >= 0.6 is 28.1 Å². The van der Waals surface area contributed by atoms with E-state index in [0.29, 0.717) is 27.9 Å². The lowest BCUT2D eigenvalue weighted by atomic mass is 10.1. The Labute approximate surface area is 184 Å². The molecule has 1 aromatic heterocycles. The number of halogens is 7. The number of nitrogens with one attached hydrogen (secondary N) is 2. The van der Waals surface area contributed by atoms with E-state index in [-0.39, 0.29) is 17.0 Å². The summed E-state index contributed by atoms with van der Waals surface area (Å²) < 4.78 is 78.9. The molecule has 0 aliphatic carbocycles. The summed E-state index contributed by atoms with van der Waals surface area (Å²) in [6.07, 6.45) is -9.94. The second-order valence-electron chi connectivity index (χ2n) is 6.17. The average Bonchev–Trinajstić information content (AvgIpc) is 3.07. The lowest BCUT2D eigenvalue weighted by molar-refractivity contribution is -0.143. The van der Waals surface area contributed by atoms with Crippen LogP contribution in [0.25, 0.3) is 11.4 Å². The summed E-state index contributed by atoms with van der Waals surface area (Å²) in [5.74, 6) is 0.229. The smallest absolute Gasteiger partial charge is 0.332 e. The van der Waals surface area contributed by atoms with Crippen molar-refractivity contribution in [2.45, 2.75) is 12.4 Å². The number of hydrogen-bond donors (Lipinski definition) is 2. The van der Waals surface area contributed by atoms with Crippen molar-refractivity contribution in [1.29, 1.82) is 0 Å². The second kappa shape index (κ2) is 8.42. The molecule has 0 amide bonds. The number of rotatable bonds is 3. The third-order valence-corrected chi connectivity index (χ3v) is 4.52. The summed E-state index contributed by atoms with van der Waals surface area (Å²) in [5, 5.41) is 16.5. The molecule has 6 nitrogen and oxygen atoms in total. The van der Waals surface area contributed by atoms with Crippen molar-refractivity contribution in [3.8, 4) is 11.4 Å². The average molecular weight is 525 g/mol. The lowest BCUT2D eigenvalue weighted by Gasteiger charge is -2.17. The second-order valence-corrected chi connectivity index (χ2v) is 7.49. The monoisotopic (exact) mass is 524 g/mol. The maximum absolute atomic E-state index is 13.0. The van der Waals surface area contributed by atoms with Crippen LogP contribution in [0.2, 0.25) is 0 Å². The molecular weight excluding hydrogens is 514 g/mol. The van der Waals surface area contributed by atoms with Gasteiger partial charge >= 0.3 is 12.4 Å². The van der Waals surface area contributed by atoms with Gasteiger partial charge in [0.1, 0.15) is 0 Å². The third kappa shape index (κ3) is 5.70. The molecule has 2 N–H and O–H groups in total. The molecule has 1 heterocycles. The van der Waals surface area contributed by atoms with E-state index in [1.54, 1.807) is 25.2 Å². The number of benzene rings is 2. The van der Waals surface area contributed by atoms with Crippen molar-refractivity contribution in [3.63, 3.8) is 0 Å². The molecule has 14 heteroatoms. The lowest BCUT2D eigenvalue weighted by Crippen LogP contribution is -2.21. The van der Waals surface area contributed by atoms with Crippen molar-refractivity contribution in [3.05, 3.63) is 52.0 Å². The standard InChI is InChI=1S/C17H11BrF6N6S/c1-30-28-14(27-29-30)12-7-10(18)2-3-13(12)26-15(31)25-11-5-8(16(19,20)21)4-9(6-11)17(22,23)24/h2-7H,1H3,(H2,25,26,31). The Morgan fingerprint density at radius 3 is 2.10 bits per heavy atom. The van der Waals surface area contributed by atoms with E-state index >= 15 is 0 Å². The molecule has 164 valence electrons. The minimum atomic E-state index is -4.97. The number of anilines is 2. The van der Waals surface area contributed by atoms with Crippen LogP contribution in [0, 0.1) is 0 Å². The summed E-state index contributed by atoms with van der Waals surface area (Å²) in [6, 6.07) is 5.99. The normalized spacial score (nSPS) is 12.0. The Bertz CT molecular complexity index is 1090. The van der Waals surface area contributed by atoms with Crippen molar-refractivity contribution < 1.29 is 26.3 Å². The molecule has 0 radical (unpaired) electrons. The Morgan fingerprint density at radius 2 is 1.58 bits per heavy atom. The Kier molecular flexibility index (Phi) is 6.23. The van der Waals surface area contributed by atoms with Gasteiger partial charge in [0.25, 0.3) is 0 Å². The predicted molar refractivity (Wildman–Crippen MR) is 108 cm³/mol. The van der Waals surface area contributed by atoms with Crippen molar-refractivity contribution in [2.75, 3.05) is 10.6 Å². The van der Waals surface area contributed by atoms with Gasteiger partial charge in [0.05, 0.1) is 23.9 Å². The molecule has 0 atom stereocenters. The molecule has 0 saturated carbocycles. The van der Waals surface area contributed by atoms with Crippen LogP contribution < -0.4 is 10.6 Å². The van der Waals surface area contributed by atoms with Gasteiger partial charge < -0.3 is 10.6 Å². The zero-order valence-electron chi connectivity index (χ0n) is 15.3. The first-order valence-electron chi connectivity index (χ1n) is 8.24. The number of alkyl halides is 6. The summed E-state index contributed by atoms with van der Waals surface area (Å²) in [4.78, 5) is 1.22. The van der Waals surface area contributed by atoms with E-state index in [4.69, 9.17) is 12.2 Å². The van der Waals surface area contributed by atoms with Gasteiger partial charge in [-0.2, -0.15) is 31.1 Å². The molecule has 0 saturated heterocycles. The topological polar surface area (TPSA) is 67.7 Å². The molecular formula is C17H11BrF6N6S. The van der Waals surface area contributed by atoms with Crippen LogP contribution in [0.15, 0.2) is 40.9 Å². The van der Waals surface area contributed by atoms with E-state index < -0.39 is 29.2 Å². The first-order chi connectivity index (χ1) is 14.3. The number of thiocarbonyl (C=S) groups is 1. The molecule has 0 aliphatic heterocycles. The number of nitrogens with zero attached hydrogens (tertiary/aromatic N) is 4. The maximum Gasteiger partial charge on any atom is 0.416 e. The fourth-order valence-corrected chi connectivity index (χ4v) is 3.10. The highest BCUT2D eigenvalue weighted by atomic mass is 79.9. The van der Waals surface area contributed by atoms with Gasteiger partial charge in [0, 0.05) is 15.7 Å². The van der Waals surface area contributed by atoms with Crippen molar-refractivity contribution in [2.24, 2.45) is 7.05 Å². The summed E-state index contributed by atoms with van der Waals surface area (Å²) >= 11 is 8.38. The van der Waals surface area contributed by atoms with Gasteiger partial charge in [-0.05, 0) is 53.8 Å². The first-order valence-corrected chi connectivity index (χ1v) is 9.44. The molecule has 2 aromatic carbocycles. The number of aromatic nitrogens is 4. The Morgan fingerprint density at radius 1 is 0.968 bits per heavy atom. The van der Waals surface area contributed by atoms with Gasteiger partial charge in [-0.15, -0.1) is 10.2 Å². The highest BCUT2D eigenvalue weighted by Gasteiger charge is 2.37. The van der Waals surface area contributed by atoms with E-state index in [1.165, 1.54) is 4.80 Å². The molecule has 0 bridgehead atoms. The van der Waals surface area contributed by atoms with Crippen LogP contribution in [-0.4, -0.2) is 25.3 Å². The summed E-state index contributed by atoms with van der Waals surface area (Å²) in [7, 11) is 1.56. The van der Waals surface area contributed by atoms with Gasteiger partial charge in [-0.3, -0.25) is 0 Å². The number of hydrogen-bond acceptors (Lipinski definition) is 4. The summed E-state index contributed by atoms with van der Waals surface area (Å²) in [5.41, 5.74) is -2.58. The largest absolute Gasteiger partial charge is 0.416 e. The maximum atomic E-state index is 13.0. The SMILES string of the molecule is Cn1nnc(-c2cc(Br)ccc2NC(=S)Nc2cc(C(F)(F)F)cc(C(F)(F)F)c2)n1. The number of tetrazole rings is 1. The Hall–Kier alpha value is -2.74. The van der Waals surface area contributed by atoms with Crippen LogP contribution in [0.5, 0.6) is 0 Å². The van der Waals surface area contributed by atoms with Crippen LogP contribution in [0.1, 0.15) is 11.1 Å². The molecule has 0 spiro atoms. The van der Waals surface area contributed by atoms with Crippen molar-refractivity contribution in [1.82, 2.24) is 20.2 Å². The van der Waals surface area contributed by atoms with E-state index in [0.717, 1.165) is 0 Å². The van der Waals surface area contributed by atoms with E-state index in [2.05, 4.69) is 42.0 Å². The molecule has 31 heavy (non-hydrogen) atoms. The highest BCUT2D eigenvalue weighted by Crippen LogP contribution is 2.37. The minimum absolute atomic E-state index is 0.0359. The fraction of sp³-hybridized carbons (Fsp3) is 0.176. The van der Waals surface area contributed by atoms with Gasteiger partial charge in [-0.1, -0.05) is 15.9 Å². The molecule has 0 aliphatic rings. The van der Waals surface area contributed by atoms with Gasteiger partial charge in [0.15, 0.2) is 5.11 Å². The quantitative estimate of drug-likeness (QED) is 0.349. The zero-order valence-corrected chi connectivity index (χ0v) is 17.7. The predicted octanol–water partition coefficient (Wildman–Crippen LogP) is 5.49. The van der Waals surface area contributed by atoms with Crippen LogP contribution in [0.3, 0.4) is 0 Å². The highest BCUT2D eigenvalue weighted by molar-refractivity contribution is 9.10. The first kappa shape index (κ1) is 22.9. The zero-order chi connectivity index (χ0) is 23.0. The Balaban J connectivity index is 1.90. The van der Waals surface area contributed by atoms with Crippen LogP contribution in [0.4, 0.5) is 37.7 Å². The van der Waals surface area contributed by atoms with Gasteiger partial charge in [-0.25, -0.2) is 0 Å². The molecule has 3 rings (SSSR count). The number of aryl methyl sites for hydroxylation is 1. The summed E-state index contributed by atoms with van der Waals surface area (Å²) in [6.45, 7) is 0. The van der Waals surface area contributed by atoms with E-state index in [9.17, 15) is 26.3 Å². The van der Waals surface area contributed by atoms with Crippen LogP contribution in [-0.2, 0) is 19.4 Å². The molecule has 0 fully saturated rings. The molecule has 0 unspecified atom stereocenters. The van der Waals surface area contributed by atoms with E-state index in [1.807, 2.05) is 0 Å². The van der Waals surface area contributed by atoms with Crippen molar-refractivity contribution >= 4 is 44.6 Å². The molecule has 3 aromatic rings.